The first-order valence-electron chi connectivity index (χ1n) is 4.58. The summed E-state index contributed by atoms with van der Waals surface area (Å²) in [5.74, 6) is 0. The normalized spacial score (nSPS) is 10.6. The SMILES string of the molecule is CN(C)C(=S)n1ccc2ccc(Br)cc21. The molecule has 0 fully saturated rings. The topological polar surface area (TPSA) is 8.17 Å². The summed E-state index contributed by atoms with van der Waals surface area (Å²) in [6.45, 7) is 0. The molecule has 2 aromatic rings. The van der Waals surface area contributed by atoms with E-state index in [0.29, 0.717) is 0 Å². The molecular weight excluding hydrogens is 272 g/mol. The van der Waals surface area contributed by atoms with Gasteiger partial charge in [-0.15, -0.1) is 0 Å². The van der Waals surface area contributed by atoms with E-state index in [-0.39, 0.29) is 0 Å². The van der Waals surface area contributed by atoms with Crippen LogP contribution in [0.2, 0.25) is 0 Å². The smallest absolute Gasteiger partial charge is 0.179 e. The zero-order chi connectivity index (χ0) is 11.0. The van der Waals surface area contributed by atoms with Crippen LogP contribution in [0.25, 0.3) is 10.9 Å². The van der Waals surface area contributed by atoms with E-state index in [2.05, 4.69) is 34.1 Å². The van der Waals surface area contributed by atoms with Crippen LogP contribution in [-0.4, -0.2) is 28.7 Å². The van der Waals surface area contributed by atoms with Crippen molar-refractivity contribution in [1.82, 2.24) is 9.47 Å². The second kappa shape index (κ2) is 3.94. The van der Waals surface area contributed by atoms with Crippen LogP contribution < -0.4 is 0 Å². The van der Waals surface area contributed by atoms with Gasteiger partial charge in [-0.3, -0.25) is 4.57 Å². The van der Waals surface area contributed by atoms with E-state index in [0.717, 1.165) is 15.1 Å². The molecule has 0 N–H and O–H groups in total. The highest BCUT2D eigenvalue weighted by atomic mass is 79.9. The van der Waals surface area contributed by atoms with Gasteiger partial charge in [0.05, 0.1) is 5.52 Å². The molecule has 2 rings (SSSR count). The number of hydrogen-bond donors (Lipinski definition) is 0. The van der Waals surface area contributed by atoms with Crippen LogP contribution in [-0.2, 0) is 0 Å². The van der Waals surface area contributed by atoms with Crippen LogP contribution in [0.5, 0.6) is 0 Å². The maximum atomic E-state index is 5.34. The Morgan fingerprint density at radius 2 is 2.07 bits per heavy atom. The number of rotatable bonds is 0. The molecule has 1 heterocycles. The van der Waals surface area contributed by atoms with Crippen LogP contribution in [0.4, 0.5) is 0 Å². The average Bonchev–Trinajstić information content (AvgIpc) is 2.59. The summed E-state index contributed by atoms with van der Waals surface area (Å²) in [4.78, 5) is 1.93. The zero-order valence-electron chi connectivity index (χ0n) is 8.57. The summed E-state index contributed by atoms with van der Waals surface area (Å²) in [6, 6.07) is 8.25. The highest BCUT2D eigenvalue weighted by Crippen LogP contribution is 2.21. The van der Waals surface area contributed by atoms with Crippen molar-refractivity contribution in [2.24, 2.45) is 0 Å². The predicted octanol–water partition coefficient (Wildman–Crippen LogP) is 3.10. The van der Waals surface area contributed by atoms with E-state index in [9.17, 15) is 0 Å². The van der Waals surface area contributed by atoms with Crippen LogP contribution in [0.3, 0.4) is 0 Å². The molecule has 15 heavy (non-hydrogen) atoms. The lowest BCUT2D eigenvalue weighted by Gasteiger charge is -2.15. The van der Waals surface area contributed by atoms with E-state index >= 15 is 0 Å². The van der Waals surface area contributed by atoms with Gasteiger partial charge in [0.2, 0.25) is 0 Å². The number of aromatic nitrogens is 1. The minimum Gasteiger partial charge on any atom is -0.355 e. The standard InChI is InChI=1S/C11H11BrN2S/c1-13(2)11(15)14-6-5-8-3-4-9(12)7-10(8)14/h3-7H,1-2H3. The fourth-order valence-corrected chi connectivity index (χ4v) is 1.99. The fraction of sp³-hybridized carbons (Fsp3) is 0.182. The molecule has 0 bridgehead atoms. The van der Waals surface area contributed by atoms with Crippen LogP contribution >= 0.6 is 28.1 Å². The maximum Gasteiger partial charge on any atom is 0.179 e. The molecule has 0 unspecified atom stereocenters. The van der Waals surface area contributed by atoms with Crippen LogP contribution in [0, 0.1) is 0 Å². The maximum absolute atomic E-state index is 5.34. The Morgan fingerprint density at radius 1 is 1.33 bits per heavy atom. The Balaban J connectivity index is 2.62. The molecule has 2 nitrogen and oxygen atoms in total. The quantitative estimate of drug-likeness (QED) is 0.686. The fourth-order valence-electron chi connectivity index (χ4n) is 1.48. The second-order valence-corrected chi connectivity index (χ2v) is 4.85. The minimum atomic E-state index is 0.795. The average molecular weight is 283 g/mol. The van der Waals surface area contributed by atoms with Crippen molar-refractivity contribution >= 4 is 44.2 Å². The number of nitrogens with zero attached hydrogens (tertiary/aromatic N) is 2. The Bertz CT molecular complexity index is 516. The van der Waals surface area contributed by atoms with Crippen molar-refractivity contribution in [2.45, 2.75) is 0 Å². The first-order valence-corrected chi connectivity index (χ1v) is 5.78. The van der Waals surface area contributed by atoms with Gasteiger partial charge < -0.3 is 4.90 Å². The van der Waals surface area contributed by atoms with Gasteiger partial charge in [0, 0.05) is 30.2 Å². The lowest BCUT2D eigenvalue weighted by atomic mass is 10.2. The van der Waals surface area contributed by atoms with E-state index in [1.54, 1.807) is 0 Å². The Morgan fingerprint density at radius 3 is 2.73 bits per heavy atom. The molecule has 1 aromatic heterocycles. The molecule has 1 aromatic carbocycles. The van der Waals surface area contributed by atoms with Crippen molar-refractivity contribution in [1.29, 1.82) is 0 Å². The van der Waals surface area contributed by atoms with Gasteiger partial charge in [0.25, 0.3) is 0 Å². The number of hydrogen-bond acceptors (Lipinski definition) is 1. The first-order chi connectivity index (χ1) is 7.09. The van der Waals surface area contributed by atoms with Crippen molar-refractivity contribution in [2.75, 3.05) is 14.1 Å². The highest BCUT2D eigenvalue weighted by Gasteiger charge is 2.06. The second-order valence-electron chi connectivity index (χ2n) is 3.57. The van der Waals surface area contributed by atoms with Gasteiger partial charge in [0.1, 0.15) is 0 Å². The molecule has 0 aliphatic heterocycles. The molecule has 78 valence electrons. The van der Waals surface area contributed by atoms with E-state index in [1.807, 2.05) is 35.8 Å². The third-order valence-corrected chi connectivity index (χ3v) is 3.30. The Hall–Kier alpha value is -0.870. The summed E-state index contributed by atoms with van der Waals surface area (Å²) in [5.41, 5.74) is 1.13. The first kappa shape index (κ1) is 10.6. The predicted molar refractivity (Wildman–Crippen MR) is 71.3 cm³/mol. The van der Waals surface area contributed by atoms with Gasteiger partial charge in [-0.25, -0.2) is 0 Å². The number of benzene rings is 1. The van der Waals surface area contributed by atoms with Gasteiger partial charge in [-0.2, -0.15) is 0 Å². The van der Waals surface area contributed by atoms with Crippen LogP contribution in [0.1, 0.15) is 0 Å². The molecule has 0 aliphatic rings. The largest absolute Gasteiger partial charge is 0.355 e. The molecule has 0 saturated heterocycles. The van der Waals surface area contributed by atoms with E-state index in [1.165, 1.54) is 5.39 Å². The summed E-state index contributed by atoms with van der Waals surface area (Å²) >= 11 is 8.81. The summed E-state index contributed by atoms with van der Waals surface area (Å²) in [7, 11) is 3.90. The van der Waals surface area contributed by atoms with Crippen molar-refractivity contribution in [3.05, 3.63) is 34.9 Å². The molecule has 0 amide bonds. The van der Waals surface area contributed by atoms with Gasteiger partial charge >= 0.3 is 0 Å². The van der Waals surface area contributed by atoms with Crippen molar-refractivity contribution < 1.29 is 0 Å². The number of halogens is 1. The molecule has 0 radical (unpaired) electrons. The van der Waals surface area contributed by atoms with E-state index in [4.69, 9.17) is 12.2 Å². The third kappa shape index (κ3) is 1.92. The van der Waals surface area contributed by atoms with Crippen LogP contribution in [0.15, 0.2) is 34.9 Å². The molecule has 0 spiro atoms. The highest BCUT2D eigenvalue weighted by molar-refractivity contribution is 9.10. The third-order valence-electron chi connectivity index (χ3n) is 2.24. The van der Waals surface area contributed by atoms with Crippen molar-refractivity contribution in [3.8, 4) is 0 Å². The summed E-state index contributed by atoms with van der Waals surface area (Å²) in [5, 5.41) is 1.99. The monoisotopic (exact) mass is 282 g/mol. The van der Waals surface area contributed by atoms with Gasteiger partial charge in [0.15, 0.2) is 5.11 Å². The lowest BCUT2D eigenvalue weighted by molar-refractivity contribution is 0.614. The Labute approximate surface area is 103 Å². The van der Waals surface area contributed by atoms with Gasteiger partial charge in [-0.1, -0.05) is 22.0 Å². The number of fused-ring (bicyclic) bond motifs is 1. The lowest BCUT2D eigenvalue weighted by Crippen LogP contribution is -2.26. The molecule has 0 aliphatic carbocycles. The molecular formula is C11H11BrN2S. The number of thiocarbonyl (C=S) groups is 1. The summed E-state index contributed by atoms with van der Waals surface area (Å²) in [6.07, 6.45) is 2.00. The molecule has 4 heteroatoms. The molecule has 0 saturated carbocycles. The van der Waals surface area contributed by atoms with E-state index < -0.39 is 0 Å². The van der Waals surface area contributed by atoms with Gasteiger partial charge in [-0.05, 0) is 30.4 Å². The summed E-state index contributed by atoms with van der Waals surface area (Å²) < 4.78 is 3.08. The van der Waals surface area contributed by atoms with Crippen molar-refractivity contribution in [3.63, 3.8) is 0 Å². The Kier molecular flexibility index (Phi) is 2.80. The molecule has 0 atom stereocenters. The minimum absolute atomic E-state index is 0.795. The zero-order valence-corrected chi connectivity index (χ0v) is 11.0.